The van der Waals surface area contributed by atoms with Gasteiger partial charge in [-0.05, 0) is 117 Å². The summed E-state index contributed by atoms with van der Waals surface area (Å²) in [4.78, 5) is 30.9. The van der Waals surface area contributed by atoms with Crippen molar-refractivity contribution in [2.75, 3.05) is 44.6 Å². The largest absolute Gasteiger partial charge is 0.460 e. The molecule has 2 aromatic rings. The monoisotopic (exact) mass is 769 g/mol. The molecule has 10 atom stereocenters. The number of carbonyl (C=O) groups is 2. The summed E-state index contributed by atoms with van der Waals surface area (Å²) in [5, 5.41) is 0. The summed E-state index contributed by atoms with van der Waals surface area (Å²) in [6.45, 7) is 20.6. The van der Waals surface area contributed by atoms with Crippen molar-refractivity contribution in [3.63, 3.8) is 0 Å². The first-order chi connectivity index (χ1) is 26.3. The first-order valence-corrected chi connectivity index (χ1v) is 21.7. The van der Waals surface area contributed by atoms with Gasteiger partial charge in [0.2, 0.25) is 13.1 Å². The van der Waals surface area contributed by atoms with Crippen molar-refractivity contribution in [2.24, 2.45) is 56.7 Å². The van der Waals surface area contributed by atoms with E-state index in [1.54, 1.807) is 0 Å². The van der Waals surface area contributed by atoms with Crippen LogP contribution < -0.4 is 18.9 Å². The normalized spacial score (nSPS) is 36.9. The maximum absolute atomic E-state index is 13.4. The molecule has 2 heterocycles. The summed E-state index contributed by atoms with van der Waals surface area (Å²) in [7, 11) is 8.10. The van der Waals surface area contributed by atoms with Crippen LogP contribution in [0.25, 0.3) is 0 Å². The molecule has 5 aliphatic carbocycles. The highest BCUT2D eigenvalue weighted by atomic mass is 16.5. The molecule has 0 radical (unpaired) electrons. The van der Waals surface area contributed by atoms with Crippen LogP contribution in [0.15, 0.2) is 61.2 Å². The highest BCUT2D eigenvalue weighted by Gasteiger charge is 2.71. The minimum atomic E-state index is -0.143. The van der Waals surface area contributed by atoms with Gasteiger partial charge in [0.1, 0.15) is 6.10 Å². The second-order valence-corrected chi connectivity index (χ2v) is 20.8. The van der Waals surface area contributed by atoms with Gasteiger partial charge in [0.05, 0.1) is 6.61 Å². The molecule has 0 N–H and O–H groups in total. The molecule has 306 valence electrons. The van der Waals surface area contributed by atoms with Gasteiger partial charge in [-0.2, -0.15) is 9.13 Å². The third kappa shape index (κ3) is 6.76. The molecule has 7 rings (SSSR count). The molecule has 5 saturated carbocycles. The van der Waals surface area contributed by atoms with E-state index >= 15 is 0 Å². The fraction of sp³-hybridized carbons (Fsp3) is 0.708. The molecule has 0 amide bonds. The van der Waals surface area contributed by atoms with Gasteiger partial charge in [-0.15, -0.1) is 0 Å². The number of nitrogens with zero attached hydrogens (tertiary/aromatic N) is 4. The minimum Gasteiger partial charge on any atom is -0.460 e. The highest BCUT2D eigenvalue weighted by Crippen LogP contribution is 2.77. The van der Waals surface area contributed by atoms with Crippen LogP contribution in [0.1, 0.15) is 106 Å². The van der Waals surface area contributed by atoms with Gasteiger partial charge in [0.25, 0.3) is 0 Å². The Kier molecular flexibility index (Phi) is 10.7. The topological polar surface area (TPSA) is 66.8 Å². The van der Waals surface area contributed by atoms with Crippen LogP contribution in [0, 0.1) is 56.7 Å². The van der Waals surface area contributed by atoms with E-state index in [9.17, 15) is 9.59 Å². The molecule has 5 fully saturated rings. The van der Waals surface area contributed by atoms with Crippen LogP contribution in [-0.4, -0.2) is 52.8 Å². The number of rotatable bonds is 10. The maximum Gasteiger partial charge on any atom is 0.372 e. The SMILES string of the molecule is C=C(C)[C@@H]1CC[C@]2(COC(=O)C[n+]3ccc(N(C)C)cc3)CC[C@]3(C)[C@H](CC[C@@H]4[C@@]5(C)CC[C@H](OC(=O)C[n+]6ccc(N(C)C)cc6)C(C)(C)[C@@H]5CC[C@]43C)[C@@H]12. The van der Waals surface area contributed by atoms with Gasteiger partial charge in [-0.25, -0.2) is 9.59 Å². The van der Waals surface area contributed by atoms with Crippen molar-refractivity contribution >= 4 is 23.3 Å². The molecule has 8 nitrogen and oxygen atoms in total. The lowest BCUT2D eigenvalue weighted by Gasteiger charge is -2.73. The number of esters is 2. The summed E-state index contributed by atoms with van der Waals surface area (Å²) in [6.07, 6.45) is 19.3. The first-order valence-electron chi connectivity index (χ1n) is 21.7. The van der Waals surface area contributed by atoms with Crippen molar-refractivity contribution in [3.8, 4) is 0 Å². The van der Waals surface area contributed by atoms with Gasteiger partial charge in [-0.1, -0.05) is 46.8 Å². The Morgan fingerprint density at radius 2 is 1.30 bits per heavy atom. The summed E-state index contributed by atoms with van der Waals surface area (Å²) >= 11 is 0. The molecule has 0 aromatic carbocycles. The second kappa shape index (κ2) is 14.8. The van der Waals surface area contributed by atoms with E-state index < -0.39 is 0 Å². The Morgan fingerprint density at radius 3 is 1.88 bits per heavy atom. The molecule has 0 unspecified atom stereocenters. The smallest absolute Gasteiger partial charge is 0.372 e. The summed E-state index contributed by atoms with van der Waals surface area (Å²) in [5.74, 6) is 2.40. The average Bonchev–Trinajstić information content (AvgIpc) is 3.53. The predicted octanol–water partition coefficient (Wildman–Crippen LogP) is 8.21. The lowest BCUT2D eigenvalue weighted by atomic mass is 9.32. The number of ether oxygens (including phenoxy) is 2. The Morgan fingerprint density at radius 1 is 0.714 bits per heavy atom. The van der Waals surface area contributed by atoms with E-state index in [4.69, 9.17) is 9.47 Å². The Hall–Kier alpha value is -3.42. The molecule has 2 aromatic heterocycles. The van der Waals surface area contributed by atoms with E-state index in [1.807, 2.05) is 86.4 Å². The van der Waals surface area contributed by atoms with E-state index in [0.29, 0.717) is 36.2 Å². The number of fused-ring (bicyclic) bond motifs is 7. The zero-order valence-electron chi connectivity index (χ0n) is 36.4. The van der Waals surface area contributed by atoms with Crippen LogP contribution in [0.4, 0.5) is 11.4 Å². The molecular formula is C48H72N4O4+2. The Bertz CT molecular complexity index is 1790. The van der Waals surface area contributed by atoms with Crippen LogP contribution >= 0.6 is 0 Å². The van der Waals surface area contributed by atoms with Crippen LogP contribution in [0.2, 0.25) is 0 Å². The number of hydrogen-bond acceptors (Lipinski definition) is 6. The molecule has 0 saturated heterocycles. The fourth-order valence-electron chi connectivity index (χ4n) is 14.2. The molecule has 8 heteroatoms. The van der Waals surface area contributed by atoms with Gasteiger partial charge in [-0.3, -0.25) is 0 Å². The lowest BCUT2D eigenvalue weighted by Crippen LogP contribution is -2.67. The second-order valence-electron chi connectivity index (χ2n) is 20.8. The van der Waals surface area contributed by atoms with Gasteiger partial charge >= 0.3 is 11.9 Å². The van der Waals surface area contributed by atoms with E-state index in [1.165, 1.54) is 37.7 Å². The number of aromatic nitrogens is 2. The predicted molar refractivity (Wildman–Crippen MR) is 222 cm³/mol. The highest BCUT2D eigenvalue weighted by molar-refractivity contribution is 5.68. The summed E-state index contributed by atoms with van der Waals surface area (Å²) in [5.41, 5.74) is 4.07. The van der Waals surface area contributed by atoms with E-state index in [2.05, 4.69) is 57.9 Å². The molecule has 0 bridgehead atoms. The third-order valence-corrected chi connectivity index (χ3v) is 17.4. The zero-order valence-corrected chi connectivity index (χ0v) is 36.4. The molecular weight excluding hydrogens is 697 g/mol. The van der Waals surface area contributed by atoms with Crippen molar-refractivity contribution in [1.29, 1.82) is 0 Å². The number of allylic oxidation sites excluding steroid dienone is 1. The Labute approximate surface area is 338 Å². The van der Waals surface area contributed by atoms with Crippen LogP contribution in [0.3, 0.4) is 0 Å². The standard InChI is InChI=1S/C48H72N4O4/c1-33(2)36-14-23-48(32-55-41(53)30-51-26-17-34(18-27-51)49(8)9)25-24-46(6)37(43(36)48)12-13-39-45(5)21-16-40(44(3,4)38(45)15-22-47(39,46)7)56-42(54)31-52-28-19-35(20-29-52)50(10)11/h17-20,26-29,36-40,43H,1,12-16,21-25,30-32H2,2-11H3/q+2/t36-,37+,38-,39+,40-,43+,45-,46+,47+,48+/m0/s1. The number of pyridine rings is 2. The molecule has 56 heavy (non-hydrogen) atoms. The van der Waals surface area contributed by atoms with Crippen molar-refractivity contribution in [3.05, 3.63) is 61.2 Å². The number of hydrogen-bond donors (Lipinski definition) is 0. The summed E-state index contributed by atoms with van der Waals surface area (Å²) in [6, 6.07) is 8.16. The lowest BCUT2D eigenvalue weighted by molar-refractivity contribution is -0.686. The third-order valence-electron chi connectivity index (χ3n) is 17.4. The minimum absolute atomic E-state index is 0.0177. The van der Waals surface area contributed by atoms with Gasteiger partial charge in [0, 0.05) is 74.7 Å². The zero-order chi connectivity index (χ0) is 40.4. The fourth-order valence-corrected chi connectivity index (χ4v) is 14.2. The van der Waals surface area contributed by atoms with Crippen molar-refractivity contribution < 1.29 is 28.2 Å². The maximum atomic E-state index is 13.4. The van der Waals surface area contributed by atoms with Crippen LogP contribution in [-0.2, 0) is 32.2 Å². The van der Waals surface area contributed by atoms with E-state index in [-0.39, 0.29) is 58.2 Å². The number of carbonyl (C=O) groups excluding carboxylic acids is 2. The Balaban J connectivity index is 1.06. The summed E-state index contributed by atoms with van der Waals surface area (Å²) < 4.78 is 16.6. The quantitative estimate of drug-likeness (QED) is 0.138. The average molecular weight is 769 g/mol. The molecule has 5 aliphatic rings. The van der Waals surface area contributed by atoms with Crippen molar-refractivity contribution in [2.45, 2.75) is 125 Å². The van der Waals surface area contributed by atoms with Crippen LogP contribution in [0.5, 0.6) is 0 Å². The van der Waals surface area contributed by atoms with E-state index in [0.717, 1.165) is 43.5 Å². The molecule has 0 spiro atoms. The van der Waals surface area contributed by atoms with Gasteiger partial charge < -0.3 is 19.3 Å². The first kappa shape index (κ1) is 40.8. The molecule has 0 aliphatic heterocycles. The van der Waals surface area contributed by atoms with Crippen molar-refractivity contribution in [1.82, 2.24) is 0 Å². The van der Waals surface area contributed by atoms with Gasteiger partial charge in [0.15, 0.2) is 24.8 Å². The number of anilines is 2.